The molecule has 0 aliphatic carbocycles. The molecule has 2 aromatic carbocycles. The molecule has 1 fully saturated rings. The van der Waals surface area contributed by atoms with Crippen LogP contribution in [0.25, 0.3) is 0 Å². The van der Waals surface area contributed by atoms with Crippen LogP contribution in [0.5, 0.6) is 5.75 Å². The second-order valence-electron chi connectivity index (χ2n) is 7.56. The van der Waals surface area contributed by atoms with Crippen molar-refractivity contribution in [1.82, 2.24) is 4.90 Å². The Morgan fingerprint density at radius 2 is 1.77 bits per heavy atom. The van der Waals surface area contributed by atoms with Gasteiger partial charge in [0, 0.05) is 42.3 Å². The van der Waals surface area contributed by atoms with Crippen LogP contribution in [0.1, 0.15) is 24.2 Å². The fourth-order valence-corrected chi connectivity index (χ4v) is 5.20. The molecule has 31 heavy (non-hydrogen) atoms. The van der Waals surface area contributed by atoms with Crippen LogP contribution >= 0.6 is 43.5 Å². The van der Waals surface area contributed by atoms with Crippen molar-refractivity contribution in [3.8, 4) is 5.75 Å². The van der Waals surface area contributed by atoms with Gasteiger partial charge in [0.25, 0.3) is 5.91 Å². The van der Waals surface area contributed by atoms with Crippen LogP contribution in [-0.4, -0.2) is 50.0 Å². The SMILES string of the molecule is COc1c(Br)cc(Br)cc1C(=O)Nc1ccc(N2CCN(C(=O)C(C)C)CC2)c(Cl)c1. The third kappa shape index (κ3) is 5.54. The molecule has 3 rings (SSSR count). The van der Waals surface area contributed by atoms with Crippen molar-refractivity contribution < 1.29 is 14.3 Å². The summed E-state index contributed by atoms with van der Waals surface area (Å²) < 4.78 is 6.80. The van der Waals surface area contributed by atoms with Gasteiger partial charge < -0.3 is 19.9 Å². The van der Waals surface area contributed by atoms with Crippen LogP contribution < -0.4 is 15.0 Å². The van der Waals surface area contributed by atoms with Gasteiger partial charge in [-0.05, 0) is 46.3 Å². The standard InChI is InChI=1S/C22H24Br2ClN3O3/c1-13(2)22(30)28-8-6-27(7-9-28)19-5-4-15(12-18(19)25)26-21(29)16-10-14(23)11-17(24)20(16)31-3/h4-5,10-13H,6-9H2,1-3H3,(H,26,29). The molecule has 1 aliphatic heterocycles. The van der Waals surface area contributed by atoms with E-state index in [4.69, 9.17) is 16.3 Å². The van der Waals surface area contributed by atoms with Gasteiger partial charge in [-0.15, -0.1) is 0 Å². The second-order valence-corrected chi connectivity index (χ2v) is 9.73. The number of hydrogen-bond donors (Lipinski definition) is 1. The summed E-state index contributed by atoms with van der Waals surface area (Å²) in [5.41, 5.74) is 1.87. The van der Waals surface area contributed by atoms with E-state index in [-0.39, 0.29) is 17.7 Å². The maximum Gasteiger partial charge on any atom is 0.259 e. The molecular formula is C22H24Br2ClN3O3. The molecule has 166 valence electrons. The lowest BCUT2D eigenvalue weighted by Crippen LogP contribution is -2.50. The molecule has 2 amide bonds. The van der Waals surface area contributed by atoms with Gasteiger partial charge in [0.2, 0.25) is 5.91 Å². The number of hydrogen-bond acceptors (Lipinski definition) is 4. The fourth-order valence-electron chi connectivity index (χ4n) is 3.51. The summed E-state index contributed by atoms with van der Waals surface area (Å²) in [5, 5.41) is 3.42. The molecule has 0 aromatic heterocycles. The number of halogens is 3. The lowest BCUT2D eigenvalue weighted by atomic mass is 10.1. The number of ether oxygens (including phenoxy) is 1. The minimum atomic E-state index is -0.302. The molecule has 0 saturated carbocycles. The molecule has 1 saturated heterocycles. The van der Waals surface area contributed by atoms with E-state index in [1.165, 1.54) is 7.11 Å². The number of amides is 2. The van der Waals surface area contributed by atoms with Crippen LogP contribution in [-0.2, 0) is 4.79 Å². The van der Waals surface area contributed by atoms with E-state index < -0.39 is 0 Å². The molecule has 0 atom stereocenters. The van der Waals surface area contributed by atoms with Crippen molar-refractivity contribution >= 4 is 66.6 Å². The number of methoxy groups -OCH3 is 1. The van der Waals surface area contributed by atoms with Crippen molar-refractivity contribution in [1.29, 1.82) is 0 Å². The van der Waals surface area contributed by atoms with Gasteiger partial charge in [0.05, 0.1) is 27.9 Å². The van der Waals surface area contributed by atoms with Crippen LogP contribution in [0.3, 0.4) is 0 Å². The van der Waals surface area contributed by atoms with Gasteiger partial charge in [-0.2, -0.15) is 0 Å². The highest BCUT2D eigenvalue weighted by Gasteiger charge is 2.24. The first-order chi connectivity index (χ1) is 14.7. The van der Waals surface area contributed by atoms with Gasteiger partial charge in [-0.25, -0.2) is 0 Å². The first-order valence-electron chi connectivity index (χ1n) is 9.89. The van der Waals surface area contributed by atoms with E-state index in [0.29, 0.717) is 52.7 Å². The zero-order valence-corrected chi connectivity index (χ0v) is 21.5. The number of rotatable bonds is 5. The number of carbonyl (C=O) groups is 2. The summed E-state index contributed by atoms with van der Waals surface area (Å²) in [6.45, 7) is 6.61. The number of nitrogens with zero attached hydrogens (tertiary/aromatic N) is 2. The summed E-state index contributed by atoms with van der Waals surface area (Å²) in [6, 6.07) is 8.97. The first kappa shape index (κ1) is 23.9. The number of anilines is 2. The predicted octanol–water partition coefficient (Wildman–Crippen LogP) is 5.43. The molecule has 1 N–H and O–H groups in total. The maximum absolute atomic E-state index is 12.8. The molecule has 0 spiro atoms. The van der Waals surface area contributed by atoms with Gasteiger partial charge in [-0.1, -0.05) is 41.4 Å². The average molecular weight is 574 g/mol. The van der Waals surface area contributed by atoms with E-state index in [2.05, 4.69) is 42.1 Å². The molecule has 1 aliphatic rings. The van der Waals surface area contributed by atoms with Crippen molar-refractivity contribution in [2.75, 3.05) is 43.5 Å². The topological polar surface area (TPSA) is 61.9 Å². The van der Waals surface area contributed by atoms with E-state index in [0.717, 1.165) is 10.2 Å². The smallest absolute Gasteiger partial charge is 0.259 e. The molecule has 6 nitrogen and oxygen atoms in total. The lowest BCUT2D eigenvalue weighted by Gasteiger charge is -2.37. The number of piperazine rings is 1. The fraction of sp³-hybridized carbons (Fsp3) is 0.364. The Bertz CT molecular complexity index is 992. The van der Waals surface area contributed by atoms with Gasteiger partial charge >= 0.3 is 0 Å². The highest BCUT2D eigenvalue weighted by Crippen LogP contribution is 2.34. The van der Waals surface area contributed by atoms with Crippen LogP contribution in [0.4, 0.5) is 11.4 Å². The van der Waals surface area contributed by atoms with E-state index in [1.54, 1.807) is 12.1 Å². The quantitative estimate of drug-likeness (QED) is 0.518. The molecule has 0 bridgehead atoms. The number of carbonyl (C=O) groups excluding carboxylic acids is 2. The minimum absolute atomic E-state index is 0.00233. The van der Waals surface area contributed by atoms with Crippen LogP contribution in [0.15, 0.2) is 39.3 Å². The lowest BCUT2D eigenvalue weighted by molar-refractivity contribution is -0.134. The Kier molecular flexibility index (Phi) is 7.88. The molecule has 9 heteroatoms. The summed E-state index contributed by atoms with van der Waals surface area (Å²) in [6.07, 6.45) is 0. The monoisotopic (exact) mass is 571 g/mol. The van der Waals surface area contributed by atoms with Gasteiger partial charge in [0.1, 0.15) is 5.75 Å². The third-order valence-corrected chi connectivity index (χ3v) is 6.44. The summed E-state index contributed by atoms with van der Waals surface area (Å²) >= 11 is 13.3. The molecule has 1 heterocycles. The highest BCUT2D eigenvalue weighted by atomic mass is 79.9. The Labute approximate surface area is 204 Å². The largest absolute Gasteiger partial charge is 0.495 e. The van der Waals surface area contributed by atoms with E-state index in [9.17, 15) is 9.59 Å². The Hall–Kier alpha value is -1.77. The predicted molar refractivity (Wildman–Crippen MR) is 131 cm³/mol. The maximum atomic E-state index is 12.8. The zero-order chi connectivity index (χ0) is 22.7. The number of benzene rings is 2. The summed E-state index contributed by atoms with van der Waals surface area (Å²) in [7, 11) is 1.52. The van der Waals surface area contributed by atoms with Crippen LogP contribution in [0.2, 0.25) is 5.02 Å². The van der Waals surface area contributed by atoms with Crippen molar-refractivity contribution in [3.63, 3.8) is 0 Å². The van der Waals surface area contributed by atoms with Crippen LogP contribution in [0, 0.1) is 5.92 Å². The molecule has 0 unspecified atom stereocenters. The highest BCUT2D eigenvalue weighted by molar-refractivity contribution is 9.11. The summed E-state index contributed by atoms with van der Waals surface area (Å²) in [4.78, 5) is 29.1. The Balaban J connectivity index is 1.71. The molecule has 2 aromatic rings. The number of nitrogens with one attached hydrogen (secondary N) is 1. The molecular weight excluding hydrogens is 550 g/mol. The first-order valence-corrected chi connectivity index (χ1v) is 11.8. The Morgan fingerprint density at radius 1 is 1.10 bits per heavy atom. The van der Waals surface area contributed by atoms with E-state index in [1.807, 2.05) is 36.9 Å². The molecule has 0 radical (unpaired) electrons. The third-order valence-electron chi connectivity index (χ3n) is 5.09. The van der Waals surface area contributed by atoms with Gasteiger partial charge in [-0.3, -0.25) is 9.59 Å². The normalized spacial score (nSPS) is 14.0. The second kappa shape index (κ2) is 10.2. The van der Waals surface area contributed by atoms with Crippen molar-refractivity contribution in [3.05, 3.63) is 49.9 Å². The Morgan fingerprint density at radius 3 is 2.35 bits per heavy atom. The van der Waals surface area contributed by atoms with Gasteiger partial charge in [0.15, 0.2) is 0 Å². The zero-order valence-electron chi connectivity index (χ0n) is 17.5. The average Bonchev–Trinajstić information content (AvgIpc) is 2.73. The minimum Gasteiger partial charge on any atom is -0.495 e. The van der Waals surface area contributed by atoms with E-state index >= 15 is 0 Å². The summed E-state index contributed by atoms with van der Waals surface area (Å²) in [5.74, 6) is 0.335. The van der Waals surface area contributed by atoms with Crippen molar-refractivity contribution in [2.24, 2.45) is 5.92 Å². The van der Waals surface area contributed by atoms with Crippen molar-refractivity contribution in [2.45, 2.75) is 13.8 Å².